The number of esters is 1. The average molecular weight is 344 g/mol. The molecule has 2 atom stereocenters. The van der Waals surface area contributed by atoms with E-state index in [0.29, 0.717) is 6.42 Å². The van der Waals surface area contributed by atoms with Gasteiger partial charge >= 0.3 is 5.97 Å². The van der Waals surface area contributed by atoms with Crippen LogP contribution in [-0.4, -0.2) is 17.2 Å². The summed E-state index contributed by atoms with van der Waals surface area (Å²) >= 11 is 0. The molecule has 3 nitrogen and oxygen atoms in total. The van der Waals surface area contributed by atoms with Crippen molar-refractivity contribution in [2.45, 2.75) is 37.7 Å². The molecule has 0 saturated heterocycles. The Kier molecular flexibility index (Phi) is 3.49. The van der Waals surface area contributed by atoms with E-state index in [4.69, 9.17) is 4.74 Å². The Morgan fingerprint density at radius 3 is 2.69 bits per heavy atom. The van der Waals surface area contributed by atoms with Crippen molar-refractivity contribution in [2.75, 3.05) is 0 Å². The molecule has 0 amide bonds. The van der Waals surface area contributed by atoms with E-state index < -0.39 is 5.97 Å². The van der Waals surface area contributed by atoms with Gasteiger partial charge in [-0.3, -0.25) is 0 Å². The summed E-state index contributed by atoms with van der Waals surface area (Å²) in [5.41, 5.74) is 2.64. The van der Waals surface area contributed by atoms with Crippen LogP contribution in [0.15, 0.2) is 60.4 Å². The predicted octanol–water partition coefficient (Wildman–Crippen LogP) is 5.17. The Morgan fingerprint density at radius 2 is 1.81 bits per heavy atom. The van der Waals surface area contributed by atoms with Crippen LogP contribution in [0, 0.1) is 0 Å². The van der Waals surface area contributed by atoms with Gasteiger partial charge in [0.15, 0.2) is 0 Å². The normalized spacial score (nSPS) is 22.8. The number of rotatable bonds is 1. The lowest BCUT2D eigenvalue weighted by Gasteiger charge is -2.34. The van der Waals surface area contributed by atoms with Crippen LogP contribution in [0.25, 0.3) is 21.5 Å². The van der Waals surface area contributed by atoms with E-state index in [1.807, 2.05) is 0 Å². The molecule has 1 aliphatic carbocycles. The molecule has 0 spiro atoms. The molecule has 0 aromatic heterocycles. The number of carbonyl (C=O) groups is 1. The van der Waals surface area contributed by atoms with Gasteiger partial charge in [0.2, 0.25) is 0 Å². The fraction of sp³-hybridized carbons (Fsp3) is 0.261. The van der Waals surface area contributed by atoms with Crippen molar-refractivity contribution in [2.24, 2.45) is 0 Å². The molecule has 3 aromatic carbocycles. The van der Waals surface area contributed by atoms with Crippen molar-refractivity contribution in [1.29, 1.82) is 0 Å². The second-order valence-corrected chi connectivity index (χ2v) is 7.33. The maximum Gasteiger partial charge on any atom is 0.334 e. The third-order valence-electron chi connectivity index (χ3n) is 5.80. The summed E-state index contributed by atoms with van der Waals surface area (Å²) in [6.07, 6.45) is 4.41. The number of fused-ring (bicyclic) bond motifs is 5. The summed E-state index contributed by atoms with van der Waals surface area (Å²) in [6, 6.07) is 17.3. The van der Waals surface area contributed by atoms with Crippen LogP contribution in [0.1, 0.15) is 36.3 Å². The number of aliphatic hydroxyl groups excluding tert-OH is 1. The molecule has 1 aliphatic heterocycles. The minimum Gasteiger partial charge on any atom is -0.512 e. The van der Waals surface area contributed by atoms with Gasteiger partial charge in [0, 0.05) is 12.3 Å². The van der Waals surface area contributed by atoms with Crippen molar-refractivity contribution < 1.29 is 14.6 Å². The highest BCUT2D eigenvalue weighted by Crippen LogP contribution is 2.43. The van der Waals surface area contributed by atoms with Crippen LogP contribution in [0.4, 0.5) is 0 Å². The zero-order chi connectivity index (χ0) is 17.7. The first kappa shape index (κ1) is 15.4. The standard InChI is InChI=1S/C23H20O3/c24-16-12-21(26-22(25)13-16)20-7-3-5-15-9-10-18-17-6-2-1-4-14(17)8-11-19(18)23(15)20/h1-2,4,6,8-11,13,20-21,24H,3,5,7,12H2. The fourth-order valence-corrected chi connectivity index (χ4v) is 4.69. The van der Waals surface area contributed by atoms with Gasteiger partial charge in [0.05, 0.1) is 6.08 Å². The molecule has 130 valence electrons. The number of benzene rings is 3. The first-order chi connectivity index (χ1) is 12.7. The van der Waals surface area contributed by atoms with Gasteiger partial charge in [-0.2, -0.15) is 0 Å². The number of aliphatic hydroxyl groups is 1. The summed E-state index contributed by atoms with van der Waals surface area (Å²) in [5, 5.41) is 14.9. The second-order valence-electron chi connectivity index (χ2n) is 7.33. The molecule has 0 saturated carbocycles. The van der Waals surface area contributed by atoms with Crippen LogP contribution in [0.3, 0.4) is 0 Å². The van der Waals surface area contributed by atoms with Gasteiger partial charge in [-0.05, 0) is 51.9 Å². The Balaban J connectivity index is 1.71. The van der Waals surface area contributed by atoms with E-state index in [1.165, 1.54) is 38.7 Å². The van der Waals surface area contributed by atoms with Crippen molar-refractivity contribution >= 4 is 27.5 Å². The van der Waals surface area contributed by atoms with Crippen molar-refractivity contribution in [3.8, 4) is 0 Å². The Bertz CT molecular complexity index is 1060. The van der Waals surface area contributed by atoms with E-state index in [2.05, 4.69) is 48.5 Å². The lowest BCUT2D eigenvalue weighted by atomic mass is 9.76. The highest BCUT2D eigenvalue weighted by molar-refractivity contribution is 6.09. The Hall–Kier alpha value is -2.81. The second kappa shape index (κ2) is 5.87. The largest absolute Gasteiger partial charge is 0.512 e. The van der Waals surface area contributed by atoms with Crippen LogP contribution in [-0.2, 0) is 16.0 Å². The molecule has 1 N–H and O–H groups in total. The molecule has 0 bridgehead atoms. The number of aryl methyl sites for hydroxylation is 1. The van der Waals surface area contributed by atoms with Crippen molar-refractivity contribution in [3.05, 3.63) is 71.5 Å². The topological polar surface area (TPSA) is 46.5 Å². The predicted molar refractivity (Wildman–Crippen MR) is 102 cm³/mol. The Labute approximate surface area is 151 Å². The van der Waals surface area contributed by atoms with E-state index >= 15 is 0 Å². The number of carbonyl (C=O) groups excluding carboxylic acids is 1. The van der Waals surface area contributed by atoms with Gasteiger partial charge in [-0.1, -0.05) is 48.5 Å². The summed E-state index contributed by atoms with van der Waals surface area (Å²) in [6.45, 7) is 0. The molecule has 2 unspecified atom stereocenters. The van der Waals surface area contributed by atoms with E-state index in [0.717, 1.165) is 19.3 Å². The maximum atomic E-state index is 11.8. The lowest BCUT2D eigenvalue weighted by Crippen LogP contribution is -2.31. The van der Waals surface area contributed by atoms with Gasteiger partial charge in [0.1, 0.15) is 11.9 Å². The number of cyclic esters (lactones) is 1. The minimum atomic E-state index is -0.434. The van der Waals surface area contributed by atoms with Gasteiger partial charge in [-0.25, -0.2) is 4.79 Å². The minimum absolute atomic E-state index is 0.128. The molecule has 0 radical (unpaired) electrons. The third kappa shape index (κ3) is 2.38. The molecule has 2 aliphatic rings. The van der Waals surface area contributed by atoms with Crippen molar-refractivity contribution in [1.82, 2.24) is 0 Å². The molecule has 3 heteroatoms. The van der Waals surface area contributed by atoms with Gasteiger partial charge in [-0.15, -0.1) is 0 Å². The number of ether oxygens (including phenoxy) is 1. The van der Waals surface area contributed by atoms with E-state index in [1.54, 1.807) is 0 Å². The number of hydrogen-bond donors (Lipinski definition) is 1. The zero-order valence-electron chi connectivity index (χ0n) is 14.4. The summed E-state index contributed by atoms with van der Waals surface area (Å²) < 4.78 is 5.61. The SMILES string of the molecule is O=C1C=C(O)CC(C2CCCc3ccc4c(ccc5ccccc54)c32)O1. The highest BCUT2D eigenvalue weighted by Gasteiger charge is 2.34. The summed E-state index contributed by atoms with van der Waals surface area (Å²) in [5.74, 6) is -0.177. The molecular formula is C23H20O3. The average Bonchev–Trinajstić information content (AvgIpc) is 2.66. The molecule has 3 aromatic rings. The Morgan fingerprint density at radius 1 is 0.962 bits per heavy atom. The quantitative estimate of drug-likeness (QED) is 0.489. The van der Waals surface area contributed by atoms with Crippen LogP contribution >= 0.6 is 0 Å². The molecule has 1 heterocycles. The van der Waals surface area contributed by atoms with Gasteiger partial charge in [0.25, 0.3) is 0 Å². The molecular weight excluding hydrogens is 324 g/mol. The molecule has 5 rings (SSSR count). The summed E-state index contributed by atoms with van der Waals surface area (Å²) in [7, 11) is 0. The fourth-order valence-electron chi connectivity index (χ4n) is 4.69. The van der Waals surface area contributed by atoms with Crippen LogP contribution in [0.5, 0.6) is 0 Å². The first-order valence-electron chi connectivity index (χ1n) is 9.24. The third-order valence-corrected chi connectivity index (χ3v) is 5.80. The van der Waals surface area contributed by atoms with Crippen molar-refractivity contribution in [3.63, 3.8) is 0 Å². The molecule has 26 heavy (non-hydrogen) atoms. The maximum absolute atomic E-state index is 11.8. The molecule has 0 fully saturated rings. The van der Waals surface area contributed by atoms with Gasteiger partial charge < -0.3 is 9.84 Å². The monoisotopic (exact) mass is 344 g/mol. The van der Waals surface area contributed by atoms with E-state index in [9.17, 15) is 9.90 Å². The van der Waals surface area contributed by atoms with Crippen LogP contribution in [0.2, 0.25) is 0 Å². The highest BCUT2D eigenvalue weighted by atomic mass is 16.5. The van der Waals surface area contributed by atoms with Crippen LogP contribution < -0.4 is 0 Å². The lowest BCUT2D eigenvalue weighted by molar-refractivity contribution is -0.146. The zero-order valence-corrected chi connectivity index (χ0v) is 14.4. The smallest absolute Gasteiger partial charge is 0.334 e. The first-order valence-corrected chi connectivity index (χ1v) is 9.24. The summed E-state index contributed by atoms with van der Waals surface area (Å²) in [4.78, 5) is 11.8. The number of hydrogen-bond acceptors (Lipinski definition) is 3. The van der Waals surface area contributed by atoms with E-state index in [-0.39, 0.29) is 17.8 Å².